The van der Waals surface area contributed by atoms with Gasteiger partial charge in [-0.05, 0) is 50.0 Å². The third-order valence-electron chi connectivity index (χ3n) is 5.58. The molecule has 182 valence electrons. The van der Waals surface area contributed by atoms with Crippen LogP contribution in [0, 0.1) is 12.8 Å². The summed E-state index contributed by atoms with van der Waals surface area (Å²) in [4.78, 5) is 14.3. The summed E-state index contributed by atoms with van der Waals surface area (Å²) in [6, 6.07) is 8.13. The van der Waals surface area contributed by atoms with Crippen LogP contribution in [0.2, 0.25) is 0 Å². The fourth-order valence-corrected chi connectivity index (χ4v) is 4.64. The number of hydrogen-bond acceptors (Lipinski definition) is 8. The molecule has 0 aliphatic carbocycles. The highest BCUT2D eigenvalue weighted by Crippen LogP contribution is 2.36. The van der Waals surface area contributed by atoms with E-state index in [-0.39, 0.29) is 12.5 Å². The van der Waals surface area contributed by atoms with Crippen molar-refractivity contribution in [2.45, 2.75) is 40.0 Å². The summed E-state index contributed by atoms with van der Waals surface area (Å²) in [6.45, 7) is 7.65. The lowest BCUT2D eigenvalue weighted by Gasteiger charge is -2.16. The zero-order chi connectivity index (χ0) is 24.3. The number of aliphatic hydroxyl groups excluding tert-OH is 1. The van der Waals surface area contributed by atoms with E-state index in [1.54, 1.807) is 18.4 Å². The van der Waals surface area contributed by atoms with Gasteiger partial charge in [-0.2, -0.15) is 4.98 Å². The van der Waals surface area contributed by atoms with Crippen LogP contribution in [0.15, 0.2) is 48.3 Å². The van der Waals surface area contributed by atoms with Crippen LogP contribution < -0.4 is 10.6 Å². The van der Waals surface area contributed by atoms with Crippen molar-refractivity contribution in [2.75, 3.05) is 37.4 Å². The van der Waals surface area contributed by atoms with Gasteiger partial charge in [0, 0.05) is 19.7 Å². The third kappa shape index (κ3) is 6.77. The Labute approximate surface area is 206 Å². The second kappa shape index (κ2) is 13.1. The van der Waals surface area contributed by atoms with Gasteiger partial charge in [-0.25, -0.2) is 9.97 Å². The van der Waals surface area contributed by atoms with Gasteiger partial charge in [0.2, 0.25) is 5.95 Å². The van der Waals surface area contributed by atoms with Crippen LogP contribution in [0.1, 0.15) is 38.8 Å². The Morgan fingerprint density at radius 3 is 2.71 bits per heavy atom. The lowest BCUT2D eigenvalue weighted by atomic mass is 10.0. The minimum Gasteiger partial charge on any atom is -0.497 e. The van der Waals surface area contributed by atoms with Crippen LogP contribution in [-0.2, 0) is 4.74 Å². The van der Waals surface area contributed by atoms with E-state index in [0.29, 0.717) is 19.0 Å². The van der Waals surface area contributed by atoms with E-state index >= 15 is 0 Å². The maximum absolute atomic E-state index is 9.54. The Hall–Kier alpha value is -2.97. The lowest BCUT2D eigenvalue weighted by Crippen LogP contribution is -2.14. The molecule has 0 spiro atoms. The van der Waals surface area contributed by atoms with E-state index in [1.807, 2.05) is 43.4 Å². The minimum absolute atomic E-state index is 0.195. The Balaban J connectivity index is 1.85. The average molecular weight is 482 g/mol. The predicted octanol–water partition coefficient (Wildman–Crippen LogP) is 5.79. The first kappa shape index (κ1) is 25.6. The van der Waals surface area contributed by atoms with Crippen molar-refractivity contribution in [1.82, 2.24) is 15.0 Å². The normalized spacial score (nSPS) is 12.9. The molecule has 2 heterocycles. The fourth-order valence-electron chi connectivity index (χ4n) is 3.58. The van der Waals surface area contributed by atoms with Gasteiger partial charge in [0.25, 0.3) is 0 Å². The van der Waals surface area contributed by atoms with Crippen LogP contribution in [0.3, 0.4) is 0 Å². The van der Waals surface area contributed by atoms with Gasteiger partial charge in [0.15, 0.2) is 0 Å². The highest BCUT2D eigenvalue weighted by Gasteiger charge is 2.18. The highest BCUT2D eigenvalue weighted by molar-refractivity contribution is 7.21. The zero-order valence-electron chi connectivity index (χ0n) is 20.5. The molecule has 0 amide bonds. The van der Waals surface area contributed by atoms with E-state index in [0.717, 1.165) is 57.3 Å². The summed E-state index contributed by atoms with van der Waals surface area (Å²) in [5.41, 5.74) is 2.76. The summed E-state index contributed by atoms with van der Waals surface area (Å²) in [7, 11) is 1.67. The number of hydrogen-bond donors (Lipinski definition) is 3. The van der Waals surface area contributed by atoms with Crippen LogP contribution in [0.4, 0.5) is 11.8 Å². The Morgan fingerprint density at radius 1 is 1.18 bits per heavy atom. The van der Waals surface area contributed by atoms with E-state index in [2.05, 4.69) is 30.5 Å². The van der Waals surface area contributed by atoms with E-state index in [9.17, 15) is 5.11 Å². The number of fused-ring (bicyclic) bond motifs is 1. The number of allylic oxidation sites excluding steroid dienone is 2. The molecule has 1 atom stereocenters. The monoisotopic (exact) mass is 481 g/mol. The smallest absolute Gasteiger partial charge is 0.225 e. The molecule has 0 saturated heterocycles. The number of thiazole rings is 1. The molecule has 34 heavy (non-hydrogen) atoms. The van der Waals surface area contributed by atoms with E-state index < -0.39 is 0 Å². The van der Waals surface area contributed by atoms with Crippen molar-refractivity contribution in [3.05, 3.63) is 53.9 Å². The number of anilines is 2. The fraction of sp³-hybridized carbons (Fsp3) is 0.423. The van der Waals surface area contributed by atoms with Gasteiger partial charge in [0.05, 0.1) is 28.6 Å². The van der Waals surface area contributed by atoms with E-state index in [1.165, 1.54) is 0 Å². The zero-order valence-corrected chi connectivity index (χ0v) is 21.3. The molecule has 0 bridgehead atoms. The molecule has 0 aliphatic rings. The minimum atomic E-state index is 0.195. The molecule has 0 fully saturated rings. The first-order valence-electron chi connectivity index (χ1n) is 11.8. The van der Waals surface area contributed by atoms with Gasteiger partial charge < -0.3 is 20.5 Å². The molecule has 1 aromatic carbocycles. The van der Waals surface area contributed by atoms with Crippen molar-refractivity contribution in [3.8, 4) is 10.6 Å². The number of aliphatic hydroxyl groups is 1. The average Bonchev–Trinajstić information content (AvgIpc) is 3.27. The van der Waals surface area contributed by atoms with Crippen molar-refractivity contribution in [3.63, 3.8) is 0 Å². The molecule has 8 heteroatoms. The number of nitrogens with zero attached hydrogens (tertiary/aromatic N) is 3. The number of nitrogens with one attached hydrogen (secondary N) is 2. The van der Waals surface area contributed by atoms with Crippen molar-refractivity contribution in [2.24, 2.45) is 5.92 Å². The quantitative estimate of drug-likeness (QED) is 0.210. The van der Waals surface area contributed by atoms with Crippen LogP contribution in [0.5, 0.6) is 0 Å². The maximum Gasteiger partial charge on any atom is 0.225 e. The molecule has 0 aliphatic heterocycles. The highest BCUT2D eigenvalue weighted by atomic mass is 32.1. The van der Waals surface area contributed by atoms with Crippen molar-refractivity contribution >= 4 is 33.3 Å². The standard InChI is InChI=1S/C26H35N5O2S/c1-5-10-20(33-4)11-9-15-28-26-29-18(3)23(24(31-26)27-16-14-19(6-2)17-32)25-30-21-12-7-8-13-22(21)34-25/h7-13,19,32H,5-6,14-17H2,1-4H3,(H2,27,28,29,31)/b11-9-,20-10+. The predicted molar refractivity (Wildman–Crippen MR) is 142 cm³/mol. The second-order valence-corrected chi connectivity index (χ2v) is 9.05. The number of para-hydroxylation sites is 1. The molecular formula is C26H35N5O2S. The van der Waals surface area contributed by atoms with Gasteiger partial charge in [-0.1, -0.05) is 38.5 Å². The van der Waals surface area contributed by atoms with Gasteiger partial charge in [-0.15, -0.1) is 11.3 Å². The molecule has 3 N–H and O–H groups in total. The van der Waals surface area contributed by atoms with Crippen molar-refractivity contribution < 1.29 is 9.84 Å². The molecule has 2 aromatic heterocycles. The molecule has 0 radical (unpaired) electrons. The number of aromatic nitrogens is 3. The first-order chi connectivity index (χ1) is 16.6. The van der Waals surface area contributed by atoms with Gasteiger partial charge in [-0.3, -0.25) is 0 Å². The van der Waals surface area contributed by atoms with Gasteiger partial charge >= 0.3 is 0 Å². The maximum atomic E-state index is 9.54. The number of rotatable bonds is 13. The van der Waals surface area contributed by atoms with Crippen molar-refractivity contribution in [1.29, 1.82) is 0 Å². The summed E-state index contributed by atoms with van der Waals surface area (Å²) in [6.07, 6.45) is 8.69. The van der Waals surface area contributed by atoms with Crippen LogP contribution in [-0.4, -0.2) is 46.9 Å². The largest absolute Gasteiger partial charge is 0.497 e. The number of aryl methyl sites for hydroxylation is 1. The first-order valence-corrected chi connectivity index (χ1v) is 12.6. The SMILES string of the molecule is CC/C=C(\C=C/CNc1nc(C)c(-c2nc3ccccc3s2)c(NCCC(CC)CO)n1)OC. The van der Waals surface area contributed by atoms with E-state index in [4.69, 9.17) is 19.7 Å². The Bertz CT molecular complexity index is 1090. The van der Waals surface area contributed by atoms with Gasteiger partial charge in [0.1, 0.15) is 16.6 Å². The third-order valence-corrected chi connectivity index (χ3v) is 6.63. The molecule has 3 rings (SSSR count). The summed E-state index contributed by atoms with van der Waals surface area (Å²) < 4.78 is 6.47. The number of benzene rings is 1. The summed E-state index contributed by atoms with van der Waals surface area (Å²) in [5, 5.41) is 17.2. The molecule has 1 unspecified atom stereocenters. The molecule has 3 aromatic rings. The Kier molecular flexibility index (Phi) is 9.85. The molecule has 7 nitrogen and oxygen atoms in total. The summed E-state index contributed by atoms with van der Waals surface area (Å²) in [5.74, 6) is 2.43. The number of ether oxygens (including phenoxy) is 1. The molecular weight excluding hydrogens is 446 g/mol. The number of methoxy groups -OCH3 is 1. The second-order valence-electron chi connectivity index (χ2n) is 8.02. The van der Waals surface area contributed by atoms with Crippen LogP contribution >= 0.6 is 11.3 Å². The molecule has 0 saturated carbocycles. The lowest BCUT2D eigenvalue weighted by molar-refractivity contribution is 0.217. The van der Waals surface area contributed by atoms with Crippen LogP contribution in [0.25, 0.3) is 20.8 Å². The topological polar surface area (TPSA) is 92.2 Å². The summed E-state index contributed by atoms with van der Waals surface area (Å²) >= 11 is 1.64. The Morgan fingerprint density at radius 2 is 2.00 bits per heavy atom.